The summed E-state index contributed by atoms with van der Waals surface area (Å²) in [7, 11) is 4.14. The molecule has 0 bridgehead atoms. The van der Waals surface area contributed by atoms with Crippen LogP contribution in [0, 0.1) is 0 Å². The van der Waals surface area contributed by atoms with Gasteiger partial charge in [0.05, 0.1) is 0 Å². The van der Waals surface area contributed by atoms with Crippen molar-refractivity contribution in [3.8, 4) is 0 Å². The van der Waals surface area contributed by atoms with Crippen LogP contribution in [0.3, 0.4) is 0 Å². The van der Waals surface area contributed by atoms with Crippen molar-refractivity contribution in [1.82, 2.24) is 14.9 Å². The molecule has 0 atom stereocenters. The molecular formula is C27H34N6O. The van der Waals surface area contributed by atoms with E-state index in [1.54, 1.807) is 6.20 Å². The van der Waals surface area contributed by atoms with Crippen molar-refractivity contribution in [2.24, 2.45) is 0 Å². The lowest BCUT2D eigenvalue weighted by Gasteiger charge is -2.22. The average Bonchev–Trinajstić information content (AvgIpc) is 2.98. The van der Waals surface area contributed by atoms with Crippen LogP contribution in [0.15, 0.2) is 60.8 Å². The number of hydrogen-bond acceptors (Lipinski definition) is 6. The second kappa shape index (κ2) is 11.1. The van der Waals surface area contributed by atoms with Crippen molar-refractivity contribution < 1.29 is 4.79 Å². The highest BCUT2D eigenvalue weighted by Crippen LogP contribution is 2.27. The molecule has 0 aliphatic carbocycles. The van der Waals surface area contributed by atoms with Crippen molar-refractivity contribution in [1.29, 1.82) is 0 Å². The number of nitrogens with one attached hydrogen (secondary N) is 1. The first kappa shape index (κ1) is 23.7. The zero-order valence-corrected chi connectivity index (χ0v) is 20.4. The molecule has 0 saturated carbocycles. The molecule has 178 valence electrons. The first-order chi connectivity index (χ1) is 16.5. The molecular weight excluding hydrogens is 424 g/mol. The van der Waals surface area contributed by atoms with Crippen molar-refractivity contribution in [3.63, 3.8) is 0 Å². The number of likely N-dealkylation sites (N-methyl/N-ethyl adjacent to an activating group) is 2. The molecule has 0 fully saturated rings. The lowest BCUT2D eigenvalue weighted by Crippen LogP contribution is -2.33. The fourth-order valence-electron chi connectivity index (χ4n) is 4.18. The van der Waals surface area contributed by atoms with Crippen molar-refractivity contribution in [2.45, 2.75) is 19.8 Å². The van der Waals surface area contributed by atoms with Crippen LogP contribution in [0.5, 0.6) is 0 Å². The number of carbonyl (C=O) groups excluding carboxylic acids is 1. The van der Waals surface area contributed by atoms with E-state index >= 15 is 0 Å². The van der Waals surface area contributed by atoms with Gasteiger partial charge in [0.2, 0.25) is 5.95 Å². The van der Waals surface area contributed by atoms with Gasteiger partial charge in [-0.05, 0) is 50.1 Å². The molecule has 4 rings (SSSR count). The summed E-state index contributed by atoms with van der Waals surface area (Å²) in [6.07, 6.45) is 3.62. The second-order valence-electron chi connectivity index (χ2n) is 8.80. The molecule has 0 radical (unpaired) electrons. The molecule has 1 amide bonds. The summed E-state index contributed by atoms with van der Waals surface area (Å²) in [6.45, 7) is 6.02. The predicted octanol–water partition coefficient (Wildman–Crippen LogP) is 3.72. The third-order valence-corrected chi connectivity index (χ3v) is 6.23. The lowest BCUT2D eigenvalue weighted by atomic mass is 10.1. The quantitative estimate of drug-likeness (QED) is 0.527. The Bertz CT molecular complexity index is 1100. The van der Waals surface area contributed by atoms with Gasteiger partial charge in [0.25, 0.3) is 5.91 Å². The summed E-state index contributed by atoms with van der Waals surface area (Å²) in [6, 6.07) is 18.9. The Morgan fingerprint density at radius 1 is 1.00 bits per heavy atom. The number of fused-ring (bicyclic) bond motifs is 1. The van der Waals surface area contributed by atoms with Crippen LogP contribution in [0.4, 0.5) is 17.5 Å². The molecule has 2 aromatic carbocycles. The van der Waals surface area contributed by atoms with E-state index in [0.29, 0.717) is 30.4 Å². The summed E-state index contributed by atoms with van der Waals surface area (Å²) in [5.74, 6) is 1.17. The van der Waals surface area contributed by atoms with E-state index in [1.807, 2.05) is 35.9 Å². The number of aromatic nitrogens is 2. The molecule has 3 aromatic rings. The number of rotatable bonds is 9. The van der Waals surface area contributed by atoms with E-state index in [9.17, 15) is 4.79 Å². The molecule has 0 spiro atoms. The molecule has 2 heterocycles. The topological polar surface area (TPSA) is 64.6 Å². The van der Waals surface area contributed by atoms with Gasteiger partial charge in [-0.1, -0.05) is 42.5 Å². The number of hydrogen-bond donors (Lipinski definition) is 1. The first-order valence-corrected chi connectivity index (χ1v) is 12.0. The van der Waals surface area contributed by atoms with Gasteiger partial charge in [0.15, 0.2) is 0 Å². The highest BCUT2D eigenvalue weighted by molar-refractivity contribution is 6.09. The average molecular weight is 459 g/mol. The third kappa shape index (κ3) is 5.72. The van der Waals surface area contributed by atoms with Crippen LogP contribution in [0.2, 0.25) is 0 Å². The summed E-state index contributed by atoms with van der Waals surface area (Å²) in [5, 5.41) is 3.13. The largest absolute Gasteiger partial charge is 0.357 e. The highest BCUT2D eigenvalue weighted by atomic mass is 16.2. The fraction of sp³-hybridized carbons (Fsp3) is 0.370. The van der Waals surface area contributed by atoms with Gasteiger partial charge in [0, 0.05) is 51.7 Å². The molecule has 1 aliphatic rings. The number of benzene rings is 2. The Morgan fingerprint density at radius 3 is 2.50 bits per heavy atom. The maximum Gasteiger partial charge on any atom is 0.263 e. The Kier molecular flexibility index (Phi) is 7.75. The fourth-order valence-corrected chi connectivity index (χ4v) is 4.18. The van der Waals surface area contributed by atoms with Crippen LogP contribution in [0.25, 0.3) is 0 Å². The number of carbonyl (C=O) groups is 1. The maximum atomic E-state index is 13.4. The molecule has 1 aliphatic heterocycles. The smallest absolute Gasteiger partial charge is 0.263 e. The van der Waals surface area contributed by atoms with E-state index in [0.717, 1.165) is 38.2 Å². The van der Waals surface area contributed by atoms with E-state index in [1.165, 1.54) is 11.1 Å². The standard InChI is InChI=1S/C27H34N6O/c1-4-28-27-29-20-24-25(30-27)32(3)17-18-33(26(24)34)23-12-8-11-22(19-23)14-16-31(2)15-13-21-9-6-5-7-10-21/h5-12,19-20H,4,13-18H2,1-3H3,(H,28,29,30). The first-order valence-electron chi connectivity index (χ1n) is 12.0. The summed E-state index contributed by atoms with van der Waals surface area (Å²) in [4.78, 5) is 28.6. The Hall–Kier alpha value is -3.45. The van der Waals surface area contributed by atoms with Gasteiger partial charge in [-0.2, -0.15) is 4.98 Å². The van der Waals surface area contributed by atoms with Gasteiger partial charge in [-0.15, -0.1) is 0 Å². The van der Waals surface area contributed by atoms with E-state index in [-0.39, 0.29) is 5.91 Å². The van der Waals surface area contributed by atoms with Crippen LogP contribution < -0.4 is 15.1 Å². The van der Waals surface area contributed by atoms with Gasteiger partial charge in [-0.3, -0.25) is 4.79 Å². The number of anilines is 3. The summed E-state index contributed by atoms with van der Waals surface area (Å²) in [5.41, 5.74) is 4.05. The Labute approximate surface area is 202 Å². The Morgan fingerprint density at radius 2 is 1.74 bits per heavy atom. The molecule has 1 N–H and O–H groups in total. The zero-order valence-electron chi connectivity index (χ0n) is 20.4. The molecule has 34 heavy (non-hydrogen) atoms. The van der Waals surface area contributed by atoms with Gasteiger partial charge < -0.3 is 20.0 Å². The van der Waals surface area contributed by atoms with E-state index in [4.69, 9.17) is 0 Å². The highest BCUT2D eigenvalue weighted by Gasteiger charge is 2.28. The lowest BCUT2D eigenvalue weighted by molar-refractivity contribution is 0.0989. The van der Waals surface area contributed by atoms with Gasteiger partial charge >= 0.3 is 0 Å². The monoisotopic (exact) mass is 458 g/mol. The van der Waals surface area contributed by atoms with Crippen LogP contribution in [-0.4, -0.2) is 67.6 Å². The van der Waals surface area contributed by atoms with Crippen molar-refractivity contribution in [2.75, 3.05) is 61.9 Å². The third-order valence-electron chi connectivity index (χ3n) is 6.23. The minimum Gasteiger partial charge on any atom is -0.357 e. The Balaban J connectivity index is 1.43. The zero-order chi connectivity index (χ0) is 23.9. The summed E-state index contributed by atoms with van der Waals surface area (Å²) < 4.78 is 0. The van der Waals surface area contributed by atoms with Gasteiger partial charge in [0.1, 0.15) is 11.4 Å². The number of nitrogens with zero attached hydrogens (tertiary/aromatic N) is 5. The van der Waals surface area contributed by atoms with E-state index < -0.39 is 0 Å². The second-order valence-corrected chi connectivity index (χ2v) is 8.80. The van der Waals surface area contributed by atoms with Crippen molar-refractivity contribution in [3.05, 3.63) is 77.5 Å². The summed E-state index contributed by atoms with van der Waals surface area (Å²) >= 11 is 0. The minimum atomic E-state index is -0.0560. The number of amides is 1. The minimum absolute atomic E-state index is 0.0560. The molecule has 7 heteroatoms. The van der Waals surface area contributed by atoms with Gasteiger partial charge in [-0.25, -0.2) is 4.98 Å². The molecule has 1 aromatic heterocycles. The SMILES string of the molecule is CCNc1ncc2c(n1)N(C)CCN(c1cccc(CCN(C)CCc3ccccc3)c1)C2=O. The van der Waals surface area contributed by atoms with Crippen LogP contribution in [-0.2, 0) is 12.8 Å². The van der Waals surface area contributed by atoms with Crippen LogP contribution in [0.1, 0.15) is 28.4 Å². The molecule has 7 nitrogen and oxygen atoms in total. The predicted molar refractivity (Wildman–Crippen MR) is 139 cm³/mol. The molecule has 0 unspecified atom stereocenters. The normalized spacial score (nSPS) is 13.7. The van der Waals surface area contributed by atoms with E-state index in [2.05, 4.69) is 69.7 Å². The molecule has 0 saturated heterocycles. The van der Waals surface area contributed by atoms with Crippen LogP contribution >= 0.6 is 0 Å². The maximum absolute atomic E-state index is 13.4. The van der Waals surface area contributed by atoms with Crippen molar-refractivity contribution >= 4 is 23.4 Å².